The fraction of sp³-hybridized carbons (Fsp3) is 0.500. The molecular formula is C16H21N5O2. The molecule has 0 spiro atoms. The van der Waals surface area contributed by atoms with Gasteiger partial charge < -0.3 is 14.1 Å². The van der Waals surface area contributed by atoms with E-state index in [1.54, 1.807) is 6.26 Å². The SMILES string of the molecule is Cc1occc1C1NNCC1c1ccnc(N2CCOCC2)n1. The lowest BCUT2D eigenvalue weighted by molar-refractivity contribution is 0.122. The second-order valence-electron chi connectivity index (χ2n) is 5.92. The van der Waals surface area contributed by atoms with E-state index in [4.69, 9.17) is 14.1 Å². The highest BCUT2D eigenvalue weighted by atomic mass is 16.5. The molecule has 2 N–H and O–H groups in total. The highest BCUT2D eigenvalue weighted by Crippen LogP contribution is 2.34. The summed E-state index contributed by atoms with van der Waals surface area (Å²) >= 11 is 0. The third-order valence-corrected chi connectivity index (χ3v) is 4.55. The van der Waals surface area contributed by atoms with Crippen molar-refractivity contribution in [2.75, 3.05) is 37.7 Å². The van der Waals surface area contributed by atoms with Crippen molar-refractivity contribution in [2.45, 2.75) is 18.9 Å². The van der Waals surface area contributed by atoms with Gasteiger partial charge in [-0.25, -0.2) is 15.4 Å². The summed E-state index contributed by atoms with van der Waals surface area (Å²) in [5.74, 6) is 1.98. The topological polar surface area (TPSA) is 75.5 Å². The zero-order chi connectivity index (χ0) is 15.6. The Hall–Kier alpha value is -1.96. The Balaban J connectivity index is 1.60. The summed E-state index contributed by atoms with van der Waals surface area (Å²) in [7, 11) is 0. The van der Waals surface area contributed by atoms with Gasteiger partial charge in [-0.05, 0) is 19.1 Å². The Morgan fingerprint density at radius 3 is 2.91 bits per heavy atom. The lowest BCUT2D eigenvalue weighted by atomic mass is 9.92. The van der Waals surface area contributed by atoms with Crippen LogP contribution >= 0.6 is 0 Å². The molecule has 0 aromatic carbocycles. The smallest absolute Gasteiger partial charge is 0.225 e. The van der Waals surface area contributed by atoms with Crippen molar-refractivity contribution < 1.29 is 9.15 Å². The van der Waals surface area contributed by atoms with Crippen LogP contribution in [0, 0.1) is 6.92 Å². The van der Waals surface area contributed by atoms with E-state index in [-0.39, 0.29) is 12.0 Å². The number of furan rings is 1. The lowest BCUT2D eigenvalue weighted by Gasteiger charge is -2.27. The van der Waals surface area contributed by atoms with Gasteiger partial charge in [0.15, 0.2) is 0 Å². The molecule has 2 aliphatic rings. The number of nitrogens with one attached hydrogen (secondary N) is 2. The van der Waals surface area contributed by atoms with Crippen molar-refractivity contribution in [3.8, 4) is 0 Å². The first kappa shape index (κ1) is 14.6. The minimum Gasteiger partial charge on any atom is -0.469 e. The van der Waals surface area contributed by atoms with Crippen LogP contribution in [0.25, 0.3) is 0 Å². The minimum atomic E-state index is 0.154. The van der Waals surface area contributed by atoms with Crippen LogP contribution in [-0.2, 0) is 4.74 Å². The molecule has 7 nitrogen and oxygen atoms in total. The first-order chi connectivity index (χ1) is 11.3. The number of anilines is 1. The van der Waals surface area contributed by atoms with E-state index in [9.17, 15) is 0 Å². The molecule has 4 rings (SSSR count). The maximum absolute atomic E-state index is 5.46. The third-order valence-electron chi connectivity index (χ3n) is 4.55. The summed E-state index contributed by atoms with van der Waals surface area (Å²) in [6.07, 6.45) is 3.59. The van der Waals surface area contributed by atoms with E-state index in [1.165, 1.54) is 5.56 Å². The Bertz CT molecular complexity index is 668. The second kappa shape index (κ2) is 6.27. The summed E-state index contributed by atoms with van der Waals surface area (Å²) in [4.78, 5) is 11.4. The molecule has 23 heavy (non-hydrogen) atoms. The molecule has 2 atom stereocenters. The predicted molar refractivity (Wildman–Crippen MR) is 85.1 cm³/mol. The average molecular weight is 315 g/mol. The molecule has 2 saturated heterocycles. The van der Waals surface area contributed by atoms with Crippen molar-refractivity contribution in [1.29, 1.82) is 0 Å². The second-order valence-corrected chi connectivity index (χ2v) is 5.92. The Kier molecular flexibility index (Phi) is 3.99. The number of hydrogen-bond donors (Lipinski definition) is 2. The molecule has 0 saturated carbocycles. The summed E-state index contributed by atoms with van der Waals surface area (Å²) < 4.78 is 10.9. The largest absolute Gasteiger partial charge is 0.469 e. The number of morpholine rings is 1. The summed E-state index contributed by atoms with van der Waals surface area (Å²) in [6.45, 7) is 5.97. The summed E-state index contributed by atoms with van der Waals surface area (Å²) in [5.41, 5.74) is 8.81. The summed E-state index contributed by atoms with van der Waals surface area (Å²) in [6, 6.07) is 4.18. The summed E-state index contributed by atoms with van der Waals surface area (Å²) in [5, 5.41) is 0. The van der Waals surface area contributed by atoms with E-state index < -0.39 is 0 Å². The van der Waals surface area contributed by atoms with E-state index in [0.717, 1.165) is 50.3 Å². The molecule has 2 aromatic rings. The normalized spacial score (nSPS) is 25.0. The highest BCUT2D eigenvalue weighted by Gasteiger charge is 2.33. The zero-order valence-corrected chi connectivity index (χ0v) is 13.2. The van der Waals surface area contributed by atoms with E-state index in [0.29, 0.717) is 0 Å². The van der Waals surface area contributed by atoms with Crippen molar-refractivity contribution in [2.24, 2.45) is 0 Å². The van der Waals surface area contributed by atoms with Crippen LogP contribution in [0.4, 0.5) is 5.95 Å². The molecule has 2 aromatic heterocycles. The van der Waals surface area contributed by atoms with Crippen LogP contribution in [0.3, 0.4) is 0 Å². The Morgan fingerprint density at radius 1 is 1.26 bits per heavy atom. The molecule has 2 fully saturated rings. The minimum absolute atomic E-state index is 0.154. The van der Waals surface area contributed by atoms with E-state index in [2.05, 4.69) is 20.7 Å². The first-order valence-corrected chi connectivity index (χ1v) is 8.01. The molecule has 2 unspecified atom stereocenters. The van der Waals surface area contributed by atoms with Gasteiger partial charge in [-0.15, -0.1) is 0 Å². The molecule has 4 heterocycles. The maximum Gasteiger partial charge on any atom is 0.225 e. The standard InChI is InChI=1S/C16H21N5O2/c1-11-12(3-7-23-11)15-13(10-18-20-15)14-2-4-17-16(19-14)21-5-8-22-9-6-21/h2-4,7,13,15,18,20H,5-6,8-10H2,1H3. The number of hydrogen-bond acceptors (Lipinski definition) is 7. The molecule has 0 radical (unpaired) electrons. The van der Waals surface area contributed by atoms with Gasteiger partial charge in [0.25, 0.3) is 0 Å². The van der Waals surface area contributed by atoms with Gasteiger partial charge >= 0.3 is 0 Å². The number of aromatic nitrogens is 2. The quantitative estimate of drug-likeness (QED) is 0.880. The third kappa shape index (κ3) is 2.83. The molecule has 122 valence electrons. The predicted octanol–water partition coefficient (Wildman–Crippen LogP) is 1.15. The van der Waals surface area contributed by atoms with Gasteiger partial charge in [-0.2, -0.15) is 0 Å². The van der Waals surface area contributed by atoms with Crippen LogP contribution in [0.15, 0.2) is 29.0 Å². The number of nitrogens with zero attached hydrogens (tertiary/aromatic N) is 3. The van der Waals surface area contributed by atoms with Crippen LogP contribution in [-0.4, -0.2) is 42.8 Å². The molecule has 2 aliphatic heterocycles. The Morgan fingerprint density at radius 2 is 2.13 bits per heavy atom. The van der Waals surface area contributed by atoms with E-state index >= 15 is 0 Å². The number of rotatable bonds is 3. The average Bonchev–Trinajstić information content (AvgIpc) is 3.24. The van der Waals surface area contributed by atoms with Gasteiger partial charge in [-0.3, -0.25) is 5.43 Å². The zero-order valence-electron chi connectivity index (χ0n) is 13.2. The lowest BCUT2D eigenvalue weighted by Crippen LogP contribution is -2.37. The van der Waals surface area contributed by atoms with Crippen molar-refractivity contribution in [1.82, 2.24) is 20.8 Å². The molecule has 7 heteroatoms. The fourth-order valence-electron chi connectivity index (χ4n) is 3.27. The molecule has 0 bridgehead atoms. The van der Waals surface area contributed by atoms with Crippen molar-refractivity contribution in [3.05, 3.63) is 41.6 Å². The molecule has 0 amide bonds. The van der Waals surface area contributed by atoms with Crippen LogP contribution < -0.4 is 15.8 Å². The van der Waals surface area contributed by atoms with Crippen LogP contribution in [0.1, 0.15) is 29.0 Å². The molecular weight excluding hydrogens is 294 g/mol. The van der Waals surface area contributed by atoms with Gasteiger partial charge in [0.2, 0.25) is 5.95 Å². The first-order valence-electron chi connectivity index (χ1n) is 8.01. The molecule has 0 aliphatic carbocycles. The van der Waals surface area contributed by atoms with Crippen LogP contribution in [0.2, 0.25) is 0 Å². The number of aryl methyl sites for hydroxylation is 1. The fourth-order valence-corrected chi connectivity index (χ4v) is 3.27. The van der Waals surface area contributed by atoms with Gasteiger partial charge in [0, 0.05) is 37.3 Å². The van der Waals surface area contributed by atoms with Gasteiger partial charge in [-0.1, -0.05) is 0 Å². The monoisotopic (exact) mass is 315 g/mol. The van der Waals surface area contributed by atoms with Crippen molar-refractivity contribution in [3.63, 3.8) is 0 Å². The van der Waals surface area contributed by atoms with E-state index in [1.807, 2.05) is 25.3 Å². The van der Waals surface area contributed by atoms with Gasteiger partial charge in [0.1, 0.15) is 5.76 Å². The Labute approximate surface area is 135 Å². The van der Waals surface area contributed by atoms with Gasteiger partial charge in [0.05, 0.1) is 31.2 Å². The van der Waals surface area contributed by atoms with Crippen molar-refractivity contribution >= 4 is 5.95 Å². The maximum atomic E-state index is 5.46. The highest BCUT2D eigenvalue weighted by molar-refractivity contribution is 5.34. The van der Waals surface area contributed by atoms with Crippen LogP contribution in [0.5, 0.6) is 0 Å². The number of ether oxygens (including phenoxy) is 1. The number of hydrazine groups is 1.